The zero-order valence-electron chi connectivity index (χ0n) is 31.2. The van der Waals surface area contributed by atoms with Gasteiger partial charge in [-0.05, 0) is 41.7 Å². The maximum Gasteiger partial charge on any atom is 0.490 e. The van der Waals surface area contributed by atoms with E-state index in [1.54, 1.807) is 12.3 Å². The highest BCUT2D eigenvalue weighted by molar-refractivity contribution is 6.14. The molecule has 4 rings (SSSR count). The summed E-state index contributed by atoms with van der Waals surface area (Å²) in [6.07, 6.45) is -1.22. The van der Waals surface area contributed by atoms with E-state index in [1.807, 2.05) is 55.7 Å². The number of aliphatic hydroxyl groups is 1. The van der Waals surface area contributed by atoms with Gasteiger partial charge < -0.3 is 36.0 Å². The predicted octanol–water partition coefficient (Wildman–Crippen LogP) is 2.90. The van der Waals surface area contributed by atoms with E-state index in [0.29, 0.717) is 17.8 Å². The molecule has 0 aliphatic carbocycles. The fraction of sp³-hybridized carbons (Fsp3) is 0.368. The number of aliphatic hydroxyl groups excluding tert-OH is 1. The molecule has 0 bridgehead atoms. The number of hydrogen-bond donors (Lipinski definition) is 5. The largest absolute Gasteiger partial charge is 0.490 e. The molecule has 0 saturated heterocycles. The van der Waals surface area contributed by atoms with Gasteiger partial charge in [-0.25, -0.2) is 13.6 Å². The van der Waals surface area contributed by atoms with E-state index in [2.05, 4.69) is 10.6 Å². The summed E-state index contributed by atoms with van der Waals surface area (Å²) >= 11 is 0. The fourth-order valence-electron chi connectivity index (χ4n) is 5.81. The second-order valence-electron chi connectivity index (χ2n) is 13.8. The van der Waals surface area contributed by atoms with Crippen molar-refractivity contribution in [3.63, 3.8) is 0 Å². The standard InChI is InChI=1S/C36H42F2N6O6.C2HF3O2/c1-36(2,3)34(29-17-24(26-18-25(37)9-10-27(26)38)20-42(29)19-23-7-5-4-6-8-23)43(33(49)22-45)16-13-28(39)35(50)41-15-14-40-30(46)21-44-31(47)11-12-32(44)48;3-2(4,5)1(6)7/h4-12,17-18,20,28,34,45H,13-16,19,21-22,39H2,1-3H3,(H,40,46)(H,41,50);(H,6,7). The average molecular weight is 807 g/mol. The molecule has 2 atom stereocenters. The lowest BCUT2D eigenvalue weighted by Gasteiger charge is -2.41. The van der Waals surface area contributed by atoms with Crippen LogP contribution < -0.4 is 16.4 Å². The predicted molar refractivity (Wildman–Crippen MR) is 194 cm³/mol. The van der Waals surface area contributed by atoms with Gasteiger partial charge in [0.1, 0.15) is 24.8 Å². The lowest BCUT2D eigenvalue weighted by molar-refractivity contribution is -0.192. The van der Waals surface area contributed by atoms with Crippen molar-refractivity contribution >= 4 is 35.5 Å². The molecule has 19 heteroatoms. The monoisotopic (exact) mass is 806 g/mol. The van der Waals surface area contributed by atoms with Gasteiger partial charge in [-0.3, -0.25) is 28.9 Å². The number of halogens is 5. The number of amides is 5. The SMILES string of the molecule is CC(C)(C)C(c1cc(-c2cc(F)ccc2F)cn1Cc1ccccc1)N(CCC(N)C(=O)NCCNC(=O)CN1C(=O)C=CC1=O)C(=O)CO.O=C(O)C(F)(F)F. The van der Waals surface area contributed by atoms with Crippen LogP contribution in [-0.4, -0.2) is 105 Å². The number of aromatic nitrogens is 1. The molecule has 308 valence electrons. The van der Waals surface area contributed by atoms with E-state index < -0.39 is 84.0 Å². The Hall–Kier alpha value is -5.95. The number of carboxylic acids is 1. The van der Waals surface area contributed by atoms with Crippen molar-refractivity contribution in [2.75, 3.05) is 32.8 Å². The maximum atomic E-state index is 15.0. The van der Waals surface area contributed by atoms with Gasteiger partial charge in [0.15, 0.2) is 0 Å². The van der Waals surface area contributed by atoms with Crippen LogP contribution >= 0.6 is 0 Å². The summed E-state index contributed by atoms with van der Waals surface area (Å²) in [6, 6.07) is 12.6. The van der Waals surface area contributed by atoms with Crippen molar-refractivity contribution in [2.45, 2.75) is 52.0 Å². The normalized spacial score (nSPS) is 13.8. The Morgan fingerprint density at radius 2 is 1.51 bits per heavy atom. The number of aliphatic carboxylic acids is 1. The van der Waals surface area contributed by atoms with Gasteiger partial charge in [0.05, 0.1) is 12.1 Å². The molecule has 3 aromatic rings. The van der Waals surface area contributed by atoms with Crippen molar-refractivity contribution in [1.29, 1.82) is 0 Å². The van der Waals surface area contributed by atoms with Crippen LogP contribution in [-0.2, 0) is 35.3 Å². The van der Waals surface area contributed by atoms with Crippen LogP contribution in [0.4, 0.5) is 22.0 Å². The van der Waals surface area contributed by atoms with E-state index >= 15 is 0 Å². The summed E-state index contributed by atoms with van der Waals surface area (Å²) in [5, 5.41) is 22.3. The number of carbonyl (C=O) groups excluding carboxylic acids is 5. The molecular weight excluding hydrogens is 763 g/mol. The molecule has 57 heavy (non-hydrogen) atoms. The number of alkyl halides is 3. The molecule has 0 fully saturated rings. The molecule has 0 saturated carbocycles. The lowest BCUT2D eigenvalue weighted by atomic mass is 9.82. The fourth-order valence-corrected chi connectivity index (χ4v) is 5.81. The van der Waals surface area contributed by atoms with Crippen molar-refractivity contribution in [3.05, 3.63) is 95.8 Å². The topological polar surface area (TPSA) is 204 Å². The zero-order valence-corrected chi connectivity index (χ0v) is 31.2. The quantitative estimate of drug-likeness (QED) is 0.0870. The zero-order chi connectivity index (χ0) is 42.7. The van der Waals surface area contributed by atoms with Crippen LogP contribution in [0.3, 0.4) is 0 Å². The Morgan fingerprint density at radius 1 is 0.912 bits per heavy atom. The van der Waals surface area contributed by atoms with Crippen LogP contribution in [0.2, 0.25) is 0 Å². The van der Waals surface area contributed by atoms with E-state index in [0.717, 1.165) is 40.8 Å². The van der Waals surface area contributed by atoms with E-state index in [1.165, 1.54) is 4.90 Å². The minimum atomic E-state index is -5.08. The Kier molecular flexibility index (Phi) is 15.8. The maximum absolute atomic E-state index is 15.0. The van der Waals surface area contributed by atoms with Gasteiger partial charge in [-0.2, -0.15) is 13.2 Å². The number of nitrogens with zero attached hydrogens (tertiary/aromatic N) is 3. The molecule has 5 amide bonds. The highest BCUT2D eigenvalue weighted by Crippen LogP contribution is 2.41. The van der Waals surface area contributed by atoms with Gasteiger partial charge >= 0.3 is 12.1 Å². The van der Waals surface area contributed by atoms with Crippen LogP contribution in [0.5, 0.6) is 0 Å². The van der Waals surface area contributed by atoms with E-state index in [-0.39, 0.29) is 31.6 Å². The van der Waals surface area contributed by atoms with Crippen LogP contribution in [0.25, 0.3) is 11.1 Å². The molecule has 2 heterocycles. The molecule has 1 aromatic heterocycles. The first-order valence-corrected chi connectivity index (χ1v) is 17.4. The highest BCUT2D eigenvalue weighted by atomic mass is 19.4. The minimum absolute atomic E-state index is 0.00741. The van der Waals surface area contributed by atoms with Gasteiger partial charge in [0.2, 0.25) is 17.7 Å². The third-order valence-electron chi connectivity index (χ3n) is 8.44. The number of benzene rings is 2. The molecule has 6 N–H and O–H groups in total. The average Bonchev–Trinajstić information content (AvgIpc) is 3.69. The smallest absolute Gasteiger partial charge is 0.475 e. The molecule has 0 radical (unpaired) electrons. The molecule has 14 nitrogen and oxygen atoms in total. The van der Waals surface area contributed by atoms with Crippen molar-refractivity contribution in [2.24, 2.45) is 11.1 Å². The number of hydrogen-bond acceptors (Lipinski definition) is 8. The number of nitrogens with two attached hydrogens (primary N) is 1. The molecule has 0 spiro atoms. The van der Waals surface area contributed by atoms with Gasteiger partial charge in [0.25, 0.3) is 11.8 Å². The summed E-state index contributed by atoms with van der Waals surface area (Å²) in [5.41, 5.74) is 7.53. The Morgan fingerprint density at radius 3 is 2.07 bits per heavy atom. The first-order valence-electron chi connectivity index (χ1n) is 17.4. The van der Waals surface area contributed by atoms with Gasteiger partial charge in [-0.1, -0.05) is 51.1 Å². The van der Waals surface area contributed by atoms with E-state index in [9.17, 15) is 51.0 Å². The molecule has 2 unspecified atom stereocenters. The summed E-state index contributed by atoms with van der Waals surface area (Å²) < 4.78 is 62.8. The summed E-state index contributed by atoms with van der Waals surface area (Å²) in [7, 11) is 0. The number of nitrogens with one attached hydrogen (secondary N) is 2. The Balaban J connectivity index is 0.00000113. The Bertz CT molecular complexity index is 1940. The minimum Gasteiger partial charge on any atom is -0.475 e. The van der Waals surface area contributed by atoms with Crippen molar-refractivity contribution < 1.29 is 60.9 Å². The Labute approximate surface area is 324 Å². The summed E-state index contributed by atoms with van der Waals surface area (Å²) in [4.78, 5) is 72.7. The van der Waals surface area contributed by atoms with Crippen molar-refractivity contribution in [3.8, 4) is 11.1 Å². The van der Waals surface area contributed by atoms with Crippen LogP contribution in [0, 0.1) is 17.0 Å². The number of rotatable bonds is 15. The summed E-state index contributed by atoms with van der Waals surface area (Å²) in [5.74, 6) is -6.89. The third kappa shape index (κ3) is 13.1. The van der Waals surface area contributed by atoms with Crippen LogP contribution in [0.15, 0.2) is 72.9 Å². The lowest BCUT2D eigenvalue weighted by Crippen LogP contribution is -2.48. The van der Waals surface area contributed by atoms with Gasteiger partial charge in [0, 0.05) is 61.3 Å². The molecule has 1 aliphatic heterocycles. The molecule has 1 aliphatic rings. The molecule has 2 aromatic carbocycles. The second-order valence-corrected chi connectivity index (χ2v) is 13.8. The second kappa shape index (κ2) is 19.8. The summed E-state index contributed by atoms with van der Waals surface area (Å²) in [6.45, 7) is 4.79. The first kappa shape index (κ1) is 45.4. The van der Waals surface area contributed by atoms with Crippen LogP contribution in [0.1, 0.15) is 44.5 Å². The first-order chi connectivity index (χ1) is 26.6. The number of imide groups is 1. The highest BCUT2D eigenvalue weighted by Gasteiger charge is 2.39. The van der Waals surface area contributed by atoms with Gasteiger partial charge in [-0.15, -0.1) is 0 Å². The number of carbonyl (C=O) groups is 6. The number of carboxylic acid groups (broad SMARTS) is 1. The third-order valence-corrected chi connectivity index (χ3v) is 8.44. The van der Waals surface area contributed by atoms with E-state index in [4.69, 9.17) is 15.6 Å². The van der Waals surface area contributed by atoms with Crippen molar-refractivity contribution in [1.82, 2.24) is 25.0 Å². The molecular formula is C38H43F5N6O8.